The van der Waals surface area contributed by atoms with Crippen LogP contribution in [0.4, 0.5) is 0 Å². The highest BCUT2D eigenvalue weighted by Crippen LogP contribution is 2.27. The molecule has 4 N–H and O–H groups in total. The largest absolute Gasteiger partial charge is 0.394 e. The molecule has 0 spiro atoms. The Labute approximate surface area is 121 Å². The van der Waals surface area contributed by atoms with E-state index >= 15 is 0 Å². The Morgan fingerprint density at radius 1 is 1.40 bits per heavy atom. The second-order valence-electron chi connectivity index (χ2n) is 4.27. The van der Waals surface area contributed by atoms with Crippen LogP contribution in [0.25, 0.3) is 6.08 Å². The maximum absolute atomic E-state index is 11.8. The van der Waals surface area contributed by atoms with Crippen LogP contribution in [0.15, 0.2) is 20.8 Å². The van der Waals surface area contributed by atoms with Crippen LogP contribution in [0, 0.1) is 0 Å². The van der Waals surface area contributed by atoms with E-state index in [1.807, 2.05) is 0 Å². The first-order valence-corrected chi connectivity index (χ1v) is 6.66. The van der Waals surface area contributed by atoms with E-state index in [-0.39, 0.29) is 5.56 Å². The number of aliphatic hydroxyl groups is 3. The summed E-state index contributed by atoms with van der Waals surface area (Å²) in [7, 11) is 0. The number of aromatic amines is 1. The number of nitrogens with zero attached hydrogens (tertiary/aromatic N) is 1. The van der Waals surface area contributed by atoms with Gasteiger partial charge in [0, 0.05) is 6.20 Å². The summed E-state index contributed by atoms with van der Waals surface area (Å²) in [5, 5.41) is 28.5. The maximum Gasteiger partial charge on any atom is 0.330 e. The molecule has 2 rings (SSSR count). The first-order valence-electron chi connectivity index (χ1n) is 5.74. The molecule has 0 saturated carbocycles. The third-order valence-corrected chi connectivity index (χ3v) is 3.29. The van der Waals surface area contributed by atoms with Crippen LogP contribution in [-0.2, 0) is 4.74 Å². The Morgan fingerprint density at radius 2 is 2.10 bits per heavy atom. The molecule has 0 aromatic carbocycles. The van der Waals surface area contributed by atoms with Gasteiger partial charge in [0.15, 0.2) is 6.23 Å². The number of rotatable bonds is 3. The molecular formula is C11H13BrN2O6. The van der Waals surface area contributed by atoms with Gasteiger partial charge in [-0.05, 0) is 11.1 Å². The Hall–Kier alpha value is -1.26. The van der Waals surface area contributed by atoms with Gasteiger partial charge in [-0.3, -0.25) is 14.3 Å². The number of hydrogen-bond donors (Lipinski definition) is 4. The predicted octanol–water partition coefficient (Wildman–Crippen LogP) is -1.49. The van der Waals surface area contributed by atoms with Crippen molar-refractivity contribution < 1.29 is 20.1 Å². The average Bonchev–Trinajstić information content (AvgIpc) is 2.70. The van der Waals surface area contributed by atoms with Gasteiger partial charge in [-0.25, -0.2) is 4.79 Å². The first-order chi connectivity index (χ1) is 9.49. The van der Waals surface area contributed by atoms with Gasteiger partial charge in [-0.2, -0.15) is 0 Å². The van der Waals surface area contributed by atoms with Crippen molar-refractivity contribution in [3.8, 4) is 0 Å². The van der Waals surface area contributed by atoms with E-state index < -0.39 is 42.4 Å². The van der Waals surface area contributed by atoms with Crippen LogP contribution >= 0.6 is 15.9 Å². The lowest BCUT2D eigenvalue weighted by atomic mass is 10.1. The van der Waals surface area contributed by atoms with Gasteiger partial charge in [0.1, 0.15) is 18.3 Å². The molecule has 4 atom stereocenters. The predicted molar refractivity (Wildman–Crippen MR) is 72.3 cm³/mol. The summed E-state index contributed by atoms with van der Waals surface area (Å²) >= 11 is 3.01. The van der Waals surface area contributed by atoms with E-state index in [0.717, 1.165) is 4.57 Å². The molecule has 1 aliphatic heterocycles. The Bertz CT molecular complexity index is 624. The molecule has 20 heavy (non-hydrogen) atoms. The van der Waals surface area contributed by atoms with Crippen LogP contribution in [0.3, 0.4) is 0 Å². The molecular weight excluding hydrogens is 336 g/mol. The van der Waals surface area contributed by atoms with Crippen molar-refractivity contribution in [1.29, 1.82) is 0 Å². The smallest absolute Gasteiger partial charge is 0.330 e. The zero-order chi connectivity index (χ0) is 14.9. The molecule has 2 heterocycles. The van der Waals surface area contributed by atoms with Crippen molar-refractivity contribution in [2.45, 2.75) is 24.5 Å². The standard InChI is InChI=1S/C11H13BrN2O6/c12-2-1-5-3-14(11(19)13-9(5)18)10-8(17)7(16)6(4-15)20-10/h1-3,6-8,10,15-17H,4H2,(H,13,18,19)/b2-1+/t6-,7?,8?,10-/m1/s1. The van der Waals surface area contributed by atoms with E-state index in [9.17, 15) is 19.8 Å². The van der Waals surface area contributed by atoms with Crippen molar-refractivity contribution in [2.24, 2.45) is 0 Å². The molecule has 1 aromatic heterocycles. The summed E-state index contributed by atoms with van der Waals surface area (Å²) in [6.07, 6.45) is -2.27. The van der Waals surface area contributed by atoms with E-state index in [2.05, 4.69) is 20.9 Å². The van der Waals surface area contributed by atoms with E-state index in [4.69, 9.17) is 9.84 Å². The number of ether oxygens (including phenoxy) is 1. The van der Waals surface area contributed by atoms with Crippen molar-refractivity contribution in [1.82, 2.24) is 9.55 Å². The molecule has 1 aliphatic rings. The van der Waals surface area contributed by atoms with Crippen molar-refractivity contribution in [3.63, 3.8) is 0 Å². The number of aromatic nitrogens is 2. The fraction of sp³-hybridized carbons (Fsp3) is 0.455. The van der Waals surface area contributed by atoms with Crippen LogP contribution in [0.5, 0.6) is 0 Å². The van der Waals surface area contributed by atoms with E-state index in [1.165, 1.54) is 17.3 Å². The number of nitrogens with one attached hydrogen (secondary N) is 1. The average molecular weight is 349 g/mol. The molecule has 8 nitrogen and oxygen atoms in total. The summed E-state index contributed by atoms with van der Waals surface area (Å²) in [6.45, 7) is -0.499. The minimum absolute atomic E-state index is 0.166. The van der Waals surface area contributed by atoms with Gasteiger partial charge in [-0.15, -0.1) is 0 Å². The van der Waals surface area contributed by atoms with Crippen LogP contribution in [-0.4, -0.2) is 49.8 Å². The van der Waals surface area contributed by atoms with Gasteiger partial charge in [0.2, 0.25) is 0 Å². The van der Waals surface area contributed by atoms with E-state index in [1.54, 1.807) is 0 Å². The zero-order valence-corrected chi connectivity index (χ0v) is 11.7. The third kappa shape index (κ3) is 2.63. The number of aliphatic hydroxyl groups excluding tert-OH is 3. The van der Waals surface area contributed by atoms with Crippen LogP contribution in [0.1, 0.15) is 11.8 Å². The molecule has 0 amide bonds. The summed E-state index contributed by atoms with van der Waals surface area (Å²) in [5.74, 6) is 0. The number of hydrogen-bond acceptors (Lipinski definition) is 6. The highest BCUT2D eigenvalue weighted by molar-refractivity contribution is 9.11. The molecule has 9 heteroatoms. The van der Waals surface area contributed by atoms with Crippen molar-refractivity contribution in [3.05, 3.63) is 37.6 Å². The molecule has 0 radical (unpaired) electrons. The number of halogens is 1. The number of H-pyrrole nitrogens is 1. The monoisotopic (exact) mass is 348 g/mol. The highest BCUT2D eigenvalue weighted by Gasteiger charge is 2.43. The Kier molecular flexibility index (Phi) is 4.55. The van der Waals surface area contributed by atoms with Gasteiger partial charge in [0.25, 0.3) is 5.56 Å². The minimum Gasteiger partial charge on any atom is -0.394 e. The van der Waals surface area contributed by atoms with Crippen molar-refractivity contribution in [2.75, 3.05) is 6.61 Å². The maximum atomic E-state index is 11.8. The summed E-state index contributed by atoms with van der Waals surface area (Å²) in [4.78, 5) is 26.8. The second-order valence-corrected chi connectivity index (χ2v) is 4.80. The molecule has 1 fully saturated rings. The topological polar surface area (TPSA) is 125 Å². The summed E-state index contributed by atoms with van der Waals surface area (Å²) < 4.78 is 6.20. The fourth-order valence-electron chi connectivity index (χ4n) is 1.99. The van der Waals surface area contributed by atoms with Gasteiger partial charge >= 0.3 is 5.69 Å². The lowest BCUT2D eigenvalue weighted by Gasteiger charge is -2.17. The first kappa shape index (κ1) is 15.1. The third-order valence-electron chi connectivity index (χ3n) is 3.03. The molecule has 0 bridgehead atoms. The van der Waals surface area contributed by atoms with Crippen LogP contribution < -0.4 is 11.2 Å². The lowest BCUT2D eigenvalue weighted by molar-refractivity contribution is -0.0550. The Morgan fingerprint density at radius 3 is 2.65 bits per heavy atom. The Balaban J connectivity index is 2.46. The van der Waals surface area contributed by atoms with Gasteiger partial charge < -0.3 is 20.1 Å². The van der Waals surface area contributed by atoms with Crippen molar-refractivity contribution >= 4 is 22.0 Å². The van der Waals surface area contributed by atoms with Gasteiger partial charge in [-0.1, -0.05) is 15.9 Å². The zero-order valence-electron chi connectivity index (χ0n) is 10.1. The SMILES string of the molecule is O=c1[nH]c(=O)n([C@@H]2O[C@H](CO)C(O)C2O)cc1/C=C/Br. The molecule has 1 aromatic rings. The van der Waals surface area contributed by atoms with Gasteiger partial charge in [0.05, 0.1) is 12.2 Å². The summed E-state index contributed by atoms with van der Waals surface area (Å²) in [6, 6.07) is 0. The highest BCUT2D eigenvalue weighted by atomic mass is 79.9. The molecule has 0 aliphatic carbocycles. The minimum atomic E-state index is -1.39. The lowest BCUT2D eigenvalue weighted by Crippen LogP contribution is -2.38. The molecule has 110 valence electrons. The summed E-state index contributed by atoms with van der Waals surface area (Å²) in [5.41, 5.74) is -1.20. The fourth-order valence-corrected chi connectivity index (χ4v) is 2.27. The normalized spacial score (nSPS) is 30.2. The van der Waals surface area contributed by atoms with Crippen LogP contribution in [0.2, 0.25) is 0 Å². The second kappa shape index (κ2) is 6.02. The quantitative estimate of drug-likeness (QED) is 0.527. The van der Waals surface area contributed by atoms with E-state index in [0.29, 0.717) is 0 Å². The molecule has 2 unspecified atom stereocenters. The molecule has 1 saturated heterocycles.